The molecule has 0 spiro atoms. The largest absolute Gasteiger partial charge is 0.383 e. The highest BCUT2D eigenvalue weighted by Gasteiger charge is 2.13. The molecule has 17 heavy (non-hydrogen) atoms. The van der Waals surface area contributed by atoms with E-state index in [1.165, 1.54) is 4.70 Å². The maximum absolute atomic E-state index is 5.12. The number of nitrogens with one attached hydrogen (secondary N) is 1. The maximum atomic E-state index is 5.12. The second kappa shape index (κ2) is 5.58. The van der Waals surface area contributed by atoms with Crippen LogP contribution in [0.1, 0.15) is 24.9 Å². The van der Waals surface area contributed by atoms with E-state index in [1.807, 2.05) is 6.07 Å². The molecule has 0 aliphatic carbocycles. The van der Waals surface area contributed by atoms with Crippen LogP contribution >= 0.6 is 11.3 Å². The Balaban J connectivity index is 2.10. The van der Waals surface area contributed by atoms with Gasteiger partial charge in [-0.1, -0.05) is 12.1 Å². The third-order valence-electron chi connectivity index (χ3n) is 2.63. The van der Waals surface area contributed by atoms with Crippen molar-refractivity contribution in [3.05, 3.63) is 29.3 Å². The topological polar surface area (TPSA) is 34.1 Å². The van der Waals surface area contributed by atoms with Crippen LogP contribution in [0, 0.1) is 0 Å². The average molecular weight is 250 g/mol. The van der Waals surface area contributed by atoms with Crippen molar-refractivity contribution in [2.24, 2.45) is 0 Å². The first-order chi connectivity index (χ1) is 8.20. The van der Waals surface area contributed by atoms with Gasteiger partial charge in [0, 0.05) is 13.2 Å². The summed E-state index contributed by atoms with van der Waals surface area (Å²) in [5, 5.41) is 4.61. The molecule has 2 atom stereocenters. The summed E-state index contributed by atoms with van der Waals surface area (Å²) in [5.74, 6) is 0. The molecular weight excluding hydrogens is 232 g/mol. The van der Waals surface area contributed by atoms with Crippen molar-refractivity contribution in [1.82, 2.24) is 10.3 Å². The summed E-state index contributed by atoms with van der Waals surface area (Å²) < 4.78 is 6.37. The Labute approximate surface area is 106 Å². The highest BCUT2D eigenvalue weighted by atomic mass is 32.1. The molecule has 1 aromatic carbocycles. The molecule has 0 aliphatic rings. The van der Waals surface area contributed by atoms with Crippen molar-refractivity contribution < 1.29 is 4.74 Å². The molecule has 3 nitrogen and oxygen atoms in total. The number of ether oxygens (including phenoxy) is 1. The van der Waals surface area contributed by atoms with Crippen molar-refractivity contribution in [3.63, 3.8) is 0 Å². The molecule has 4 heteroatoms. The van der Waals surface area contributed by atoms with Gasteiger partial charge in [0.2, 0.25) is 0 Å². The first-order valence-corrected chi connectivity index (χ1v) is 6.63. The Bertz CT molecular complexity index is 450. The molecule has 0 saturated heterocycles. The van der Waals surface area contributed by atoms with Gasteiger partial charge >= 0.3 is 0 Å². The number of nitrogens with zero attached hydrogens (tertiary/aromatic N) is 1. The Morgan fingerprint density at radius 2 is 2.12 bits per heavy atom. The van der Waals surface area contributed by atoms with E-state index in [0.717, 1.165) is 17.1 Å². The summed E-state index contributed by atoms with van der Waals surface area (Å²) in [6, 6.07) is 8.84. The van der Waals surface area contributed by atoms with Gasteiger partial charge in [-0.15, -0.1) is 11.3 Å². The van der Waals surface area contributed by atoms with Crippen molar-refractivity contribution in [3.8, 4) is 0 Å². The number of benzene rings is 1. The fourth-order valence-corrected chi connectivity index (χ4v) is 2.85. The lowest BCUT2D eigenvalue weighted by molar-refractivity contribution is 0.167. The molecule has 1 heterocycles. The van der Waals surface area contributed by atoms with Gasteiger partial charge < -0.3 is 10.1 Å². The lowest BCUT2D eigenvalue weighted by Gasteiger charge is -2.17. The highest BCUT2D eigenvalue weighted by Crippen LogP contribution is 2.26. The molecule has 2 unspecified atom stereocenters. The molecule has 0 saturated carbocycles. The first-order valence-electron chi connectivity index (χ1n) is 5.81. The third kappa shape index (κ3) is 3.03. The first kappa shape index (κ1) is 12.5. The minimum absolute atomic E-state index is 0.262. The SMILES string of the molecule is COCC(C)NC(C)c1nc2ccccc2s1. The molecule has 0 amide bonds. The Morgan fingerprint density at radius 1 is 1.35 bits per heavy atom. The third-order valence-corrected chi connectivity index (χ3v) is 3.85. The second-order valence-corrected chi connectivity index (χ2v) is 5.33. The zero-order chi connectivity index (χ0) is 12.3. The van der Waals surface area contributed by atoms with Gasteiger partial charge in [-0.3, -0.25) is 0 Å². The maximum Gasteiger partial charge on any atom is 0.111 e. The number of hydrogen-bond donors (Lipinski definition) is 1. The summed E-state index contributed by atoms with van der Waals surface area (Å²) in [5.41, 5.74) is 1.08. The van der Waals surface area contributed by atoms with Crippen LogP contribution in [-0.2, 0) is 4.74 Å². The molecule has 0 bridgehead atoms. The van der Waals surface area contributed by atoms with Crippen LogP contribution in [0.25, 0.3) is 10.2 Å². The zero-order valence-corrected chi connectivity index (χ0v) is 11.3. The van der Waals surface area contributed by atoms with Gasteiger partial charge in [0.1, 0.15) is 5.01 Å². The minimum atomic E-state index is 0.262. The molecule has 0 fully saturated rings. The summed E-state index contributed by atoms with van der Waals surface area (Å²) >= 11 is 1.75. The van der Waals surface area contributed by atoms with Crippen LogP contribution in [0.15, 0.2) is 24.3 Å². The monoisotopic (exact) mass is 250 g/mol. The van der Waals surface area contributed by atoms with Gasteiger partial charge in [-0.05, 0) is 26.0 Å². The molecule has 0 radical (unpaired) electrons. The van der Waals surface area contributed by atoms with Crippen molar-refractivity contribution in [2.45, 2.75) is 25.9 Å². The van der Waals surface area contributed by atoms with E-state index in [1.54, 1.807) is 18.4 Å². The second-order valence-electron chi connectivity index (χ2n) is 4.26. The number of thiazole rings is 1. The lowest BCUT2D eigenvalue weighted by Crippen LogP contribution is -2.32. The molecule has 1 N–H and O–H groups in total. The van der Waals surface area contributed by atoms with E-state index < -0.39 is 0 Å². The van der Waals surface area contributed by atoms with E-state index >= 15 is 0 Å². The molecule has 0 aliphatic heterocycles. The van der Waals surface area contributed by atoms with Crippen LogP contribution in [-0.4, -0.2) is 24.7 Å². The van der Waals surface area contributed by atoms with Crippen molar-refractivity contribution >= 4 is 21.6 Å². The number of methoxy groups -OCH3 is 1. The summed E-state index contributed by atoms with van der Waals surface area (Å²) in [4.78, 5) is 4.64. The molecule has 1 aromatic heterocycles. The van der Waals surface area contributed by atoms with E-state index in [4.69, 9.17) is 4.74 Å². The molecular formula is C13H18N2OS. The van der Waals surface area contributed by atoms with Crippen LogP contribution in [0.3, 0.4) is 0 Å². The summed E-state index contributed by atoms with van der Waals surface area (Å²) in [7, 11) is 1.72. The molecule has 92 valence electrons. The van der Waals surface area contributed by atoms with Gasteiger partial charge in [-0.2, -0.15) is 0 Å². The van der Waals surface area contributed by atoms with Gasteiger partial charge in [0.05, 0.1) is 22.9 Å². The van der Waals surface area contributed by atoms with E-state index in [9.17, 15) is 0 Å². The summed E-state index contributed by atoms with van der Waals surface area (Å²) in [6.45, 7) is 4.98. The number of hydrogen-bond acceptors (Lipinski definition) is 4. The fraction of sp³-hybridized carbons (Fsp3) is 0.462. The van der Waals surface area contributed by atoms with Crippen molar-refractivity contribution in [1.29, 1.82) is 0 Å². The zero-order valence-electron chi connectivity index (χ0n) is 10.4. The smallest absolute Gasteiger partial charge is 0.111 e. The standard InChI is InChI=1S/C13H18N2OS/c1-9(8-16-3)14-10(2)13-15-11-6-4-5-7-12(11)17-13/h4-7,9-10,14H,8H2,1-3H3. The van der Waals surface area contributed by atoms with E-state index in [2.05, 4.69) is 42.3 Å². The van der Waals surface area contributed by atoms with Crippen LogP contribution in [0.4, 0.5) is 0 Å². The molecule has 2 aromatic rings. The molecule has 2 rings (SSSR count). The predicted octanol–water partition coefficient (Wildman–Crippen LogP) is 2.98. The highest BCUT2D eigenvalue weighted by molar-refractivity contribution is 7.18. The predicted molar refractivity (Wildman–Crippen MR) is 72.5 cm³/mol. The summed E-state index contributed by atoms with van der Waals surface area (Å²) in [6.07, 6.45) is 0. The lowest BCUT2D eigenvalue weighted by atomic mass is 10.3. The van der Waals surface area contributed by atoms with Crippen LogP contribution in [0.2, 0.25) is 0 Å². The van der Waals surface area contributed by atoms with Gasteiger partial charge in [-0.25, -0.2) is 4.98 Å². The number of rotatable bonds is 5. The normalized spacial score (nSPS) is 15.0. The van der Waals surface area contributed by atoms with Crippen LogP contribution < -0.4 is 5.32 Å². The number of aromatic nitrogens is 1. The van der Waals surface area contributed by atoms with Gasteiger partial charge in [0.25, 0.3) is 0 Å². The fourth-order valence-electron chi connectivity index (χ4n) is 1.87. The minimum Gasteiger partial charge on any atom is -0.383 e. The Kier molecular flexibility index (Phi) is 4.10. The van der Waals surface area contributed by atoms with E-state index in [-0.39, 0.29) is 6.04 Å². The number of fused-ring (bicyclic) bond motifs is 1. The quantitative estimate of drug-likeness (QED) is 0.886. The van der Waals surface area contributed by atoms with Crippen molar-refractivity contribution in [2.75, 3.05) is 13.7 Å². The van der Waals surface area contributed by atoms with E-state index in [0.29, 0.717) is 6.04 Å². The Hall–Kier alpha value is -0.970. The number of para-hydroxylation sites is 1. The van der Waals surface area contributed by atoms with Gasteiger partial charge in [0.15, 0.2) is 0 Å². The van der Waals surface area contributed by atoms with Crippen LogP contribution in [0.5, 0.6) is 0 Å². The Morgan fingerprint density at radius 3 is 2.82 bits per heavy atom. The average Bonchev–Trinajstić information content (AvgIpc) is 2.72.